The highest BCUT2D eigenvalue weighted by Crippen LogP contribution is 2.22. The topological polar surface area (TPSA) is 41.1 Å². The van der Waals surface area contributed by atoms with Gasteiger partial charge in [0, 0.05) is 0 Å². The van der Waals surface area contributed by atoms with Crippen molar-refractivity contribution >= 4 is 23.2 Å². The van der Waals surface area contributed by atoms with Crippen LogP contribution >= 0.6 is 11.6 Å². The van der Waals surface area contributed by atoms with Gasteiger partial charge in [-0.05, 0) is 31.0 Å². The molecule has 86 valence electrons. The molecule has 0 bridgehead atoms. The summed E-state index contributed by atoms with van der Waals surface area (Å²) in [7, 11) is 0. The SMILES string of the molecule is CC1CCNC1C(=O)Nc1ccccc1Cl. The van der Waals surface area contributed by atoms with Gasteiger partial charge in [0.2, 0.25) is 5.91 Å². The Bertz CT molecular complexity index is 394. The Morgan fingerprint density at radius 1 is 1.50 bits per heavy atom. The smallest absolute Gasteiger partial charge is 0.241 e. The Morgan fingerprint density at radius 2 is 2.25 bits per heavy atom. The zero-order chi connectivity index (χ0) is 11.5. The first-order chi connectivity index (χ1) is 7.68. The molecule has 1 aromatic carbocycles. The summed E-state index contributed by atoms with van der Waals surface area (Å²) in [5.74, 6) is 0.376. The van der Waals surface area contributed by atoms with Crippen molar-refractivity contribution in [3.05, 3.63) is 29.3 Å². The Labute approximate surface area is 100 Å². The third-order valence-corrected chi connectivity index (χ3v) is 3.28. The molecule has 4 heteroatoms. The molecule has 1 heterocycles. The monoisotopic (exact) mass is 238 g/mol. The standard InChI is InChI=1S/C12H15ClN2O/c1-8-6-7-14-11(8)12(16)15-10-5-3-2-4-9(10)13/h2-5,8,11,14H,6-7H2,1H3,(H,15,16). The molecule has 0 spiro atoms. The fourth-order valence-electron chi connectivity index (χ4n) is 1.96. The minimum atomic E-state index is -0.101. The summed E-state index contributed by atoms with van der Waals surface area (Å²) in [5.41, 5.74) is 0.676. The molecule has 1 amide bonds. The zero-order valence-corrected chi connectivity index (χ0v) is 9.92. The first kappa shape index (κ1) is 11.4. The van der Waals surface area contributed by atoms with Gasteiger partial charge in [0.15, 0.2) is 0 Å². The number of nitrogens with one attached hydrogen (secondary N) is 2. The number of rotatable bonds is 2. The largest absolute Gasteiger partial charge is 0.323 e. The zero-order valence-electron chi connectivity index (χ0n) is 9.16. The molecule has 0 aliphatic carbocycles. The van der Waals surface area contributed by atoms with E-state index in [4.69, 9.17) is 11.6 Å². The fourth-order valence-corrected chi connectivity index (χ4v) is 2.14. The minimum absolute atomic E-state index is 0.00176. The second kappa shape index (κ2) is 4.85. The maximum atomic E-state index is 11.9. The molecule has 1 saturated heterocycles. The van der Waals surface area contributed by atoms with Crippen molar-refractivity contribution in [3.63, 3.8) is 0 Å². The fraction of sp³-hybridized carbons (Fsp3) is 0.417. The molecular formula is C12H15ClN2O. The van der Waals surface area contributed by atoms with E-state index in [1.54, 1.807) is 12.1 Å². The van der Waals surface area contributed by atoms with E-state index in [2.05, 4.69) is 17.6 Å². The van der Waals surface area contributed by atoms with E-state index < -0.39 is 0 Å². The van der Waals surface area contributed by atoms with E-state index in [0.717, 1.165) is 13.0 Å². The summed E-state index contributed by atoms with van der Waals surface area (Å²) < 4.78 is 0. The normalized spacial score (nSPS) is 24.4. The lowest BCUT2D eigenvalue weighted by atomic mass is 10.0. The van der Waals surface area contributed by atoms with Crippen LogP contribution in [-0.4, -0.2) is 18.5 Å². The molecule has 0 radical (unpaired) electrons. The van der Waals surface area contributed by atoms with E-state index in [1.165, 1.54) is 0 Å². The number of hydrogen-bond acceptors (Lipinski definition) is 2. The van der Waals surface area contributed by atoms with Gasteiger partial charge in [-0.2, -0.15) is 0 Å². The molecule has 2 unspecified atom stereocenters. The molecule has 1 fully saturated rings. The van der Waals surface area contributed by atoms with Crippen LogP contribution in [0, 0.1) is 5.92 Å². The van der Waals surface area contributed by atoms with Crippen LogP contribution in [0.5, 0.6) is 0 Å². The lowest BCUT2D eigenvalue weighted by Gasteiger charge is -2.15. The van der Waals surface area contributed by atoms with E-state index >= 15 is 0 Å². The second-order valence-corrected chi connectivity index (χ2v) is 4.57. The van der Waals surface area contributed by atoms with Gasteiger partial charge in [-0.3, -0.25) is 4.79 Å². The summed E-state index contributed by atoms with van der Waals surface area (Å²) in [6, 6.07) is 7.17. The Hall–Kier alpha value is -1.06. The average molecular weight is 239 g/mol. The van der Waals surface area contributed by atoms with Gasteiger partial charge >= 0.3 is 0 Å². The van der Waals surface area contributed by atoms with Crippen molar-refractivity contribution in [1.82, 2.24) is 5.32 Å². The van der Waals surface area contributed by atoms with Crippen LogP contribution in [0.25, 0.3) is 0 Å². The highest BCUT2D eigenvalue weighted by Gasteiger charge is 2.29. The number of hydrogen-bond donors (Lipinski definition) is 2. The van der Waals surface area contributed by atoms with Crippen LogP contribution in [0.4, 0.5) is 5.69 Å². The summed E-state index contributed by atoms with van der Waals surface area (Å²) in [6.07, 6.45) is 1.04. The van der Waals surface area contributed by atoms with Gasteiger partial charge in [-0.1, -0.05) is 30.7 Å². The van der Waals surface area contributed by atoms with Crippen molar-refractivity contribution in [2.24, 2.45) is 5.92 Å². The van der Waals surface area contributed by atoms with Gasteiger partial charge in [-0.15, -0.1) is 0 Å². The van der Waals surface area contributed by atoms with Crippen molar-refractivity contribution in [1.29, 1.82) is 0 Å². The maximum absolute atomic E-state index is 11.9. The molecule has 1 aliphatic rings. The Morgan fingerprint density at radius 3 is 2.88 bits per heavy atom. The molecule has 0 saturated carbocycles. The Balaban J connectivity index is 2.05. The molecule has 1 aromatic rings. The number of carbonyl (C=O) groups is 1. The summed E-state index contributed by atoms with van der Waals surface area (Å²) in [6.45, 7) is 2.98. The van der Waals surface area contributed by atoms with Gasteiger partial charge < -0.3 is 10.6 Å². The van der Waals surface area contributed by atoms with Crippen LogP contribution in [0.15, 0.2) is 24.3 Å². The molecule has 0 aromatic heterocycles. The highest BCUT2D eigenvalue weighted by atomic mass is 35.5. The molecule has 3 nitrogen and oxygen atoms in total. The van der Waals surface area contributed by atoms with Crippen LogP contribution in [0.3, 0.4) is 0 Å². The lowest BCUT2D eigenvalue weighted by molar-refractivity contribution is -0.118. The van der Waals surface area contributed by atoms with Crippen molar-refractivity contribution in [2.45, 2.75) is 19.4 Å². The van der Waals surface area contributed by atoms with Gasteiger partial charge in [0.05, 0.1) is 16.8 Å². The van der Waals surface area contributed by atoms with Crippen LogP contribution in [-0.2, 0) is 4.79 Å². The first-order valence-electron chi connectivity index (χ1n) is 5.47. The highest BCUT2D eigenvalue weighted by molar-refractivity contribution is 6.33. The third kappa shape index (κ3) is 2.36. The maximum Gasteiger partial charge on any atom is 0.241 e. The van der Waals surface area contributed by atoms with E-state index in [0.29, 0.717) is 16.6 Å². The number of para-hydroxylation sites is 1. The molecule has 2 atom stereocenters. The third-order valence-electron chi connectivity index (χ3n) is 2.95. The molecule has 2 rings (SSSR count). The van der Waals surface area contributed by atoms with Gasteiger partial charge in [-0.25, -0.2) is 0 Å². The first-order valence-corrected chi connectivity index (χ1v) is 5.85. The number of carbonyl (C=O) groups excluding carboxylic acids is 1. The lowest BCUT2D eigenvalue weighted by Crippen LogP contribution is -2.39. The number of anilines is 1. The average Bonchev–Trinajstić information content (AvgIpc) is 2.68. The number of amides is 1. The molecule has 2 N–H and O–H groups in total. The molecule has 1 aliphatic heterocycles. The van der Waals surface area contributed by atoms with Gasteiger partial charge in [0.1, 0.15) is 0 Å². The minimum Gasteiger partial charge on any atom is -0.323 e. The van der Waals surface area contributed by atoms with Crippen molar-refractivity contribution < 1.29 is 4.79 Å². The molecule has 16 heavy (non-hydrogen) atoms. The predicted octanol–water partition coefficient (Wildman–Crippen LogP) is 2.28. The van der Waals surface area contributed by atoms with E-state index in [1.807, 2.05) is 12.1 Å². The number of halogens is 1. The van der Waals surface area contributed by atoms with Crippen molar-refractivity contribution in [2.75, 3.05) is 11.9 Å². The summed E-state index contributed by atoms with van der Waals surface area (Å²) in [4.78, 5) is 11.9. The quantitative estimate of drug-likeness (QED) is 0.830. The van der Waals surface area contributed by atoms with E-state index in [9.17, 15) is 4.79 Å². The van der Waals surface area contributed by atoms with Crippen molar-refractivity contribution in [3.8, 4) is 0 Å². The van der Waals surface area contributed by atoms with Gasteiger partial charge in [0.25, 0.3) is 0 Å². The summed E-state index contributed by atoms with van der Waals surface area (Å²) >= 11 is 5.98. The second-order valence-electron chi connectivity index (χ2n) is 4.17. The van der Waals surface area contributed by atoms with Crippen LogP contribution in [0.1, 0.15) is 13.3 Å². The molecular weight excluding hydrogens is 224 g/mol. The van der Waals surface area contributed by atoms with Crippen LogP contribution < -0.4 is 10.6 Å². The predicted molar refractivity (Wildman–Crippen MR) is 65.7 cm³/mol. The Kier molecular flexibility index (Phi) is 3.46. The number of benzene rings is 1. The summed E-state index contributed by atoms with van der Waals surface area (Å²) in [5, 5.41) is 6.61. The van der Waals surface area contributed by atoms with Crippen LogP contribution in [0.2, 0.25) is 5.02 Å². The van der Waals surface area contributed by atoms with E-state index in [-0.39, 0.29) is 11.9 Å².